The average Bonchev–Trinajstić information content (AvgIpc) is 2.72. The average molecular weight is 384 g/mol. The molecule has 0 aliphatic rings. The Kier molecular flexibility index (Phi) is 7.49. The van der Waals surface area contributed by atoms with Gasteiger partial charge in [0, 0.05) is 0 Å². The molecule has 1 amide bonds. The van der Waals surface area contributed by atoms with Crippen LogP contribution < -0.4 is 27.7 Å². The number of carbonyl (C=O) groups is 2. The minimum atomic E-state index is -1.07. The van der Waals surface area contributed by atoms with Gasteiger partial charge >= 0.3 is 5.97 Å². The van der Waals surface area contributed by atoms with Crippen molar-refractivity contribution in [2.45, 2.75) is 25.4 Å². The zero-order chi connectivity index (χ0) is 20.5. The zero-order valence-corrected chi connectivity index (χ0v) is 15.4. The van der Waals surface area contributed by atoms with Crippen molar-refractivity contribution in [3.63, 3.8) is 0 Å². The van der Waals surface area contributed by atoms with Gasteiger partial charge in [-0.2, -0.15) is 0 Å². The molecule has 0 aromatic heterocycles. The Hall–Kier alpha value is -3.43. The Morgan fingerprint density at radius 2 is 1.68 bits per heavy atom. The Labute approximate surface area is 162 Å². The highest BCUT2D eigenvalue weighted by molar-refractivity contribution is 5.99. The number of rotatable bonds is 7. The summed E-state index contributed by atoms with van der Waals surface area (Å²) in [5.74, 6) is 8.63. The molecule has 2 unspecified atom stereocenters. The fourth-order valence-corrected chi connectivity index (χ4v) is 2.61. The maximum absolute atomic E-state index is 12.5. The van der Waals surface area contributed by atoms with Gasteiger partial charge in [-0.1, -0.05) is 54.6 Å². The molecular formula is C19H24N6O3. The first-order chi connectivity index (χ1) is 13.4. The molecule has 2 atom stereocenters. The summed E-state index contributed by atoms with van der Waals surface area (Å²) in [7, 11) is 0. The fourth-order valence-electron chi connectivity index (χ4n) is 2.61. The van der Waals surface area contributed by atoms with E-state index in [2.05, 4.69) is 21.2 Å². The molecule has 0 fully saturated rings. The van der Waals surface area contributed by atoms with Crippen LogP contribution in [0.2, 0.25) is 0 Å². The SMILES string of the molecule is CC(NC(Cc1ccc(-c2ccccc2)cc1)C(=O)N/C(=N\N)NN)C(=O)O. The summed E-state index contributed by atoms with van der Waals surface area (Å²) in [4.78, 5) is 23.7. The highest BCUT2D eigenvalue weighted by Crippen LogP contribution is 2.19. The lowest BCUT2D eigenvalue weighted by atomic mass is 10.00. The molecule has 148 valence electrons. The van der Waals surface area contributed by atoms with Crippen LogP contribution in [0.1, 0.15) is 12.5 Å². The van der Waals surface area contributed by atoms with E-state index in [1.807, 2.05) is 54.6 Å². The van der Waals surface area contributed by atoms with Gasteiger partial charge in [-0.25, -0.2) is 5.84 Å². The van der Waals surface area contributed by atoms with Crippen LogP contribution in [0.15, 0.2) is 59.7 Å². The van der Waals surface area contributed by atoms with Crippen molar-refractivity contribution in [2.75, 3.05) is 0 Å². The summed E-state index contributed by atoms with van der Waals surface area (Å²) in [5.41, 5.74) is 5.14. The van der Waals surface area contributed by atoms with Crippen LogP contribution in [0.3, 0.4) is 0 Å². The minimum Gasteiger partial charge on any atom is -0.480 e. The topological polar surface area (TPSA) is 155 Å². The number of nitrogens with zero attached hydrogens (tertiary/aromatic N) is 1. The van der Waals surface area contributed by atoms with Crippen molar-refractivity contribution in [2.24, 2.45) is 16.8 Å². The maximum Gasteiger partial charge on any atom is 0.320 e. The van der Waals surface area contributed by atoms with Gasteiger partial charge in [0.1, 0.15) is 6.04 Å². The molecular weight excluding hydrogens is 360 g/mol. The van der Waals surface area contributed by atoms with Gasteiger partial charge in [0.05, 0.1) is 6.04 Å². The molecule has 28 heavy (non-hydrogen) atoms. The van der Waals surface area contributed by atoms with Crippen LogP contribution >= 0.6 is 0 Å². The van der Waals surface area contributed by atoms with Gasteiger partial charge in [0.2, 0.25) is 11.9 Å². The van der Waals surface area contributed by atoms with Crippen LogP contribution in [0.25, 0.3) is 11.1 Å². The van der Waals surface area contributed by atoms with Gasteiger partial charge in [-0.05, 0) is 30.0 Å². The van der Waals surface area contributed by atoms with E-state index in [1.54, 1.807) is 0 Å². The summed E-state index contributed by atoms with van der Waals surface area (Å²) in [6, 6.07) is 15.8. The van der Waals surface area contributed by atoms with Crippen molar-refractivity contribution in [3.05, 3.63) is 60.2 Å². The fraction of sp³-hybridized carbons (Fsp3) is 0.211. The number of carboxylic acids is 1. The number of nitrogens with one attached hydrogen (secondary N) is 3. The Bertz CT molecular complexity index is 823. The predicted octanol–water partition coefficient (Wildman–Crippen LogP) is 0.137. The number of nitrogens with two attached hydrogens (primary N) is 2. The molecule has 0 aliphatic carbocycles. The largest absolute Gasteiger partial charge is 0.480 e. The lowest BCUT2D eigenvalue weighted by Gasteiger charge is -2.21. The molecule has 0 saturated heterocycles. The van der Waals surface area contributed by atoms with E-state index < -0.39 is 24.0 Å². The van der Waals surface area contributed by atoms with E-state index in [9.17, 15) is 9.59 Å². The van der Waals surface area contributed by atoms with Crippen LogP contribution in [0.4, 0.5) is 0 Å². The molecule has 0 radical (unpaired) electrons. The lowest BCUT2D eigenvalue weighted by Crippen LogP contribution is -2.55. The van der Waals surface area contributed by atoms with Gasteiger partial charge < -0.3 is 10.9 Å². The second-order valence-corrected chi connectivity index (χ2v) is 6.16. The van der Waals surface area contributed by atoms with Gasteiger partial charge in [-0.15, -0.1) is 5.10 Å². The van der Waals surface area contributed by atoms with E-state index in [0.29, 0.717) is 0 Å². The molecule has 2 aromatic carbocycles. The highest BCUT2D eigenvalue weighted by atomic mass is 16.4. The Balaban J connectivity index is 2.16. The van der Waals surface area contributed by atoms with E-state index in [4.69, 9.17) is 16.8 Å². The van der Waals surface area contributed by atoms with Gasteiger partial charge in [-0.3, -0.25) is 25.6 Å². The van der Waals surface area contributed by atoms with E-state index >= 15 is 0 Å². The number of aliphatic carboxylic acids is 1. The highest BCUT2D eigenvalue weighted by Gasteiger charge is 2.24. The van der Waals surface area contributed by atoms with Crippen LogP contribution in [0, 0.1) is 0 Å². The number of hydrogen-bond donors (Lipinski definition) is 6. The number of benzene rings is 2. The number of amides is 1. The second kappa shape index (κ2) is 10.0. The third kappa shape index (κ3) is 5.79. The van der Waals surface area contributed by atoms with E-state index in [1.165, 1.54) is 6.92 Å². The normalized spacial score (nSPS) is 13.4. The van der Waals surface area contributed by atoms with Crippen LogP contribution in [0.5, 0.6) is 0 Å². The molecule has 0 saturated carbocycles. The van der Waals surface area contributed by atoms with Gasteiger partial charge in [0.15, 0.2) is 0 Å². The second-order valence-electron chi connectivity index (χ2n) is 6.16. The molecule has 2 rings (SSSR count). The smallest absolute Gasteiger partial charge is 0.320 e. The molecule has 2 aromatic rings. The van der Waals surface area contributed by atoms with E-state index in [-0.39, 0.29) is 12.4 Å². The predicted molar refractivity (Wildman–Crippen MR) is 107 cm³/mol. The summed E-state index contributed by atoms with van der Waals surface area (Å²) >= 11 is 0. The van der Waals surface area contributed by atoms with Crippen molar-refractivity contribution in [1.82, 2.24) is 16.1 Å². The molecule has 0 heterocycles. The van der Waals surface area contributed by atoms with Gasteiger partial charge in [0.25, 0.3) is 0 Å². The van der Waals surface area contributed by atoms with Crippen molar-refractivity contribution >= 4 is 17.8 Å². The third-order valence-electron chi connectivity index (χ3n) is 4.15. The van der Waals surface area contributed by atoms with Crippen molar-refractivity contribution < 1.29 is 14.7 Å². The number of hydrazone groups is 1. The number of guanidine groups is 1. The van der Waals surface area contributed by atoms with Crippen LogP contribution in [-0.4, -0.2) is 35.0 Å². The van der Waals surface area contributed by atoms with E-state index in [0.717, 1.165) is 16.7 Å². The standard InChI is InChI=1S/C19H24N6O3/c1-12(18(27)28)22-16(17(26)23-19(24-20)25-21)11-13-7-9-15(10-8-13)14-5-3-2-4-6-14/h2-10,12,16,22H,11,20-21H2,1H3,(H,27,28)(H2,23,24,25,26). The maximum atomic E-state index is 12.5. The third-order valence-corrected chi connectivity index (χ3v) is 4.15. The molecule has 0 aliphatic heterocycles. The number of hydrazine groups is 1. The van der Waals surface area contributed by atoms with Crippen molar-refractivity contribution in [3.8, 4) is 11.1 Å². The molecule has 9 nitrogen and oxygen atoms in total. The quantitative estimate of drug-likeness (QED) is 0.172. The zero-order valence-electron chi connectivity index (χ0n) is 15.4. The van der Waals surface area contributed by atoms with Crippen LogP contribution in [-0.2, 0) is 16.0 Å². The number of hydrogen-bond acceptors (Lipinski definition) is 6. The lowest BCUT2D eigenvalue weighted by molar-refractivity contribution is -0.139. The summed E-state index contributed by atoms with van der Waals surface area (Å²) < 4.78 is 0. The first-order valence-corrected chi connectivity index (χ1v) is 8.63. The molecule has 0 bridgehead atoms. The summed E-state index contributed by atoms with van der Waals surface area (Å²) in [6.45, 7) is 1.46. The number of carbonyl (C=O) groups excluding carboxylic acids is 1. The Morgan fingerprint density at radius 3 is 2.21 bits per heavy atom. The first-order valence-electron chi connectivity index (χ1n) is 8.63. The molecule has 8 N–H and O–H groups in total. The Morgan fingerprint density at radius 1 is 1.07 bits per heavy atom. The molecule has 9 heteroatoms. The minimum absolute atomic E-state index is 0.126. The summed E-state index contributed by atoms with van der Waals surface area (Å²) in [6.07, 6.45) is 0.265. The van der Waals surface area contributed by atoms with Crippen molar-refractivity contribution in [1.29, 1.82) is 0 Å². The number of carboxylic acid groups (broad SMARTS) is 1. The monoisotopic (exact) mass is 384 g/mol. The molecule has 0 spiro atoms. The first kappa shape index (κ1) is 20.9. The summed E-state index contributed by atoms with van der Waals surface area (Å²) in [5, 5.41) is 17.6.